The van der Waals surface area contributed by atoms with Crippen LogP contribution < -0.4 is 10.6 Å². The fraction of sp³-hybridized carbons (Fsp3) is 0.500. The van der Waals surface area contributed by atoms with Gasteiger partial charge in [-0.3, -0.25) is 9.59 Å². The Morgan fingerprint density at radius 1 is 1.33 bits per heavy atom. The maximum atomic E-state index is 10.4. The van der Waals surface area contributed by atoms with Crippen LogP contribution in [0.25, 0.3) is 0 Å². The zero-order valence-corrected chi connectivity index (χ0v) is 4.55. The molecule has 0 radical (unpaired) electrons. The molecule has 0 atom stereocenters. The minimum absolute atomic E-state index is 0.106. The van der Waals surface area contributed by atoms with Crippen LogP contribution in [0.1, 0.15) is 0 Å². The molecule has 9 heavy (non-hydrogen) atoms. The first-order chi connectivity index (χ1) is 4.22. The second-order valence-corrected chi connectivity index (χ2v) is 1.66. The molecule has 0 spiro atoms. The highest BCUT2D eigenvalue weighted by Gasteiger charge is 2.26. The van der Waals surface area contributed by atoms with E-state index in [1.165, 1.54) is 0 Å². The molecule has 0 bridgehead atoms. The van der Waals surface area contributed by atoms with Gasteiger partial charge in [-0.05, 0) is 0 Å². The van der Waals surface area contributed by atoms with E-state index in [2.05, 4.69) is 10.6 Å². The van der Waals surface area contributed by atoms with Gasteiger partial charge in [-0.1, -0.05) is 0 Å². The fourth-order valence-electron chi connectivity index (χ4n) is 0.531. The molecule has 1 saturated heterocycles. The van der Waals surface area contributed by atoms with Gasteiger partial charge in [0.2, 0.25) is 6.10 Å². The molecule has 0 aromatic heterocycles. The molecule has 0 aromatic rings. The van der Waals surface area contributed by atoms with Gasteiger partial charge in [0.15, 0.2) is 0 Å². The number of hydrogen-bond acceptors (Lipinski definition) is 3. The highest BCUT2D eigenvalue weighted by molar-refractivity contribution is 6.04. The van der Waals surface area contributed by atoms with E-state index in [4.69, 9.17) is 5.11 Å². The molecule has 1 aliphatic rings. The highest BCUT2D eigenvalue weighted by atomic mass is 16.3. The van der Waals surface area contributed by atoms with E-state index in [-0.39, 0.29) is 6.67 Å². The predicted molar refractivity (Wildman–Crippen MR) is 27.2 cm³/mol. The molecule has 0 unspecified atom stereocenters. The zero-order valence-electron chi connectivity index (χ0n) is 4.55. The standard InChI is InChI=1S/C4H6N2O3/c7-2-3(8)5-1-6-4(2)9/h2,7H,1H2,(H,5,8)(H,6,9). The van der Waals surface area contributed by atoms with Gasteiger partial charge in [-0.2, -0.15) is 0 Å². The first-order valence-corrected chi connectivity index (χ1v) is 2.45. The predicted octanol–water partition coefficient (Wildman–Crippen LogP) is -2.45. The van der Waals surface area contributed by atoms with Crippen LogP contribution in [0.3, 0.4) is 0 Å². The molecule has 50 valence electrons. The topological polar surface area (TPSA) is 78.4 Å². The van der Waals surface area contributed by atoms with Crippen LogP contribution in [0.5, 0.6) is 0 Å². The van der Waals surface area contributed by atoms with Gasteiger partial charge in [0, 0.05) is 0 Å². The average Bonchev–Trinajstić information content (AvgIpc) is 1.83. The lowest BCUT2D eigenvalue weighted by Crippen LogP contribution is -2.55. The minimum Gasteiger partial charge on any atom is -0.375 e. The summed E-state index contributed by atoms with van der Waals surface area (Å²) in [6.07, 6.45) is -1.53. The molecular weight excluding hydrogens is 124 g/mol. The molecule has 3 N–H and O–H groups in total. The number of amides is 2. The molecular formula is C4H6N2O3. The Balaban J connectivity index is 2.62. The van der Waals surface area contributed by atoms with Gasteiger partial charge < -0.3 is 15.7 Å². The summed E-state index contributed by atoms with van der Waals surface area (Å²) >= 11 is 0. The van der Waals surface area contributed by atoms with E-state index in [1.807, 2.05) is 0 Å². The molecule has 0 aliphatic carbocycles. The van der Waals surface area contributed by atoms with Crippen LogP contribution in [0.2, 0.25) is 0 Å². The second-order valence-electron chi connectivity index (χ2n) is 1.66. The number of hydrogen-bond donors (Lipinski definition) is 3. The van der Waals surface area contributed by atoms with E-state index in [1.54, 1.807) is 0 Å². The van der Waals surface area contributed by atoms with E-state index in [9.17, 15) is 9.59 Å². The summed E-state index contributed by atoms with van der Waals surface area (Å²) < 4.78 is 0. The Labute approximate surface area is 51.0 Å². The number of carbonyl (C=O) groups is 2. The maximum Gasteiger partial charge on any atom is 0.260 e. The number of rotatable bonds is 0. The Bertz CT molecular complexity index is 140. The van der Waals surface area contributed by atoms with Crippen molar-refractivity contribution in [1.82, 2.24) is 10.6 Å². The zero-order chi connectivity index (χ0) is 6.85. The first kappa shape index (κ1) is 6.03. The van der Waals surface area contributed by atoms with Gasteiger partial charge in [-0.25, -0.2) is 0 Å². The van der Waals surface area contributed by atoms with Crippen molar-refractivity contribution < 1.29 is 14.7 Å². The van der Waals surface area contributed by atoms with Crippen molar-refractivity contribution in [2.24, 2.45) is 0 Å². The summed E-state index contributed by atoms with van der Waals surface area (Å²) in [6.45, 7) is 0.106. The Kier molecular flexibility index (Phi) is 1.35. The van der Waals surface area contributed by atoms with Crippen LogP contribution in [-0.2, 0) is 9.59 Å². The van der Waals surface area contributed by atoms with Crippen molar-refractivity contribution in [3.63, 3.8) is 0 Å². The van der Waals surface area contributed by atoms with E-state index >= 15 is 0 Å². The smallest absolute Gasteiger partial charge is 0.260 e. The van der Waals surface area contributed by atoms with Crippen LogP contribution in [0.4, 0.5) is 0 Å². The van der Waals surface area contributed by atoms with Gasteiger partial charge in [0.25, 0.3) is 11.8 Å². The van der Waals surface area contributed by atoms with Crippen LogP contribution in [-0.4, -0.2) is 29.7 Å². The number of nitrogens with one attached hydrogen (secondary N) is 2. The molecule has 1 rings (SSSR count). The summed E-state index contributed by atoms with van der Waals surface area (Å²) in [5, 5.41) is 13.1. The van der Waals surface area contributed by atoms with Crippen molar-refractivity contribution in [2.45, 2.75) is 6.10 Å². The molecule has 0 saturated carbocycles. The molecule has 5 nitrogen and oxygen atoms in total. The van der Waals surface area contributed by atoms with E-state index in [0.29, 0.717) is 0 Å². The van der Waals surface area contributed by atoms with E-state index in [0.717, 1.165) is 0 Å². The fourth-order valence-corrected chi connectivity index (χ4v) is 0.531. The number of aliphatic hydroxyl groups excluding tert-OH is 1. The Morgan fingerprint density at radius 3 is 2.11 bits per heavy atom. The maximum absolute atomic E-state index is 10.4. The lowest BCUT2D eigenvalue weighted by atomic mass is 10.3. The van der Waals surface area contributed by atoms with Crippen molar-refractivity contribution >= 4 is 11.8 Å². The van der Waals surface area contributed by atoms with Crippen molar-refractivity contribution in [3.8, 4) is 0 Å². The third-order valence-corrected chi connectivity index (χ3v) is 1.02. The lowest BCUT2D eigenvalue weighted by Gasteiger charge is -2.16. The van der Waals surface area contributed by atoms with Crippen molar-refractivity contribution in [3.05, 3.63) is 0 Å². The normalized spacial score (nSPS) is 21.0. The molecule has 1 aliphatic heterocycles. The first-order valence-electron chi connectivity index (χ1n) is 2.45. The number of carbonyl (C=O) groups excluding carboxylic acids is 2. The molecule has 5 heteroatoms. The average molecular weight is 130 g/mol. The third kappa shape index (κ3) is 0.996. The summed E-state index contributed by atoms with van der Waals surface area (Å²) in [7, 11) is 0. The molecule has 0 aromatic carbocycles. The van der Waals surface area contributed by atoms with Gasteiger partial charge in [0.1, 0.15) is 0 Å². The van der Waals surface area contributed by atoms with Gasteiger partial charge in [-0.15, -0.1) is 0 Å². The summed E-state index contributed by atoms with van der Waals surface area (Å²) in [4.78, 5) is 20.8. The van der Waals surface area contributed by atoms with Crippen LogP contribution >= 0.6 is 0 Å². The van der Waals surface area contributed by atoms with Gasteiger partial charge in [0.05, 0.1) is 6.67 Å². The summed E-state index contributed by atoms with van der Waals surface area (Å²) in [5.74, 6) is -1.28. The lowest BCUT2D eigenvalue weighted by molar-refractivity contribution is -0.144. The van der Waals surface area contributed by atoms with Crippen LogP contribution in [0.15, 0.2) is 0 Å². The summed E-state index contributed by atoms with van der Waals surface area (Å²) in [5.41, 5.74) is 0. The Morgan fingerprint density at radius 2 is 1.78 bits per heavy atom. The second kappa shape index (κ2) is 2.02. The third-order valence-electron chi connectivity index (χ3n) is 1.02. The Hall–Kier alpha value is -1.10. The number of aliphatic hydroxyl groups is 1. The minimum atomic E-state index is -1.53. The largest absolute Gasteiger partial charge is 0.375 e. The van der Waals surface area contributed by atoms with Crippen molar-refractivity contribution in [2.75, 3.05) is 6.67 Å². The quantitative estimate of drug-likeness (QED) is 0.318. The SMILES string of the molecule is O=C1NCNC(=O)C1O. The molecule has 1 fully saturated rings. The van der Waals surface area contributed by atoms with Crippen molar-refractivity contribution in [1.29, 1.82) is 0 Å². The monoisotopic (exact) mass is 130 g/mol. The molecule has 2 amide bonds. The highest BCUT2D eigenvalue weighted by Crippen LogP contribution is 1.86. The van der Waals surface area contributed by atoms with E-state index < -0.39 is 17.9 Å². The van der Waals surface area contributed by atoms with Crippen LogP contribution in [0, 0.1) is 0 Å². The summed E-state index contributed by atoms with van der Waals surface area (Å²) in [6, 6.07) is 0. The molecule has 1 heterocycles. The van der Waals surface area contributed by atoms with Gasteiger partial charge >= 0.3 is 0 Å².